The number of benzene rings is 1. The van der Waals surface area contributed by atoms with Gasteiger partial charge in [0.2, 0.25) is 0 Å². The third kappa shape index (κ3) is 3.97. The SMILES string of the molecule is CCCC1(CNC(=O)NC(CO)c2ccccc2)CC1. The summed E-state index contributed by atoms with van der Waals surface area (Å²) in [6.07, 6.45) is 4.76. The number of aliphatic hydroxyl groups excluding tert-OH is 1. The molecule has 110 valence electrons. The summed E-state index contributed by atoms with van der Waals surface area (Å²) in [5.41, 5.74) is 1.26. The molecule has 3 N–H and O–H groups in total. The van der Waals surface area contributed by atoms with Crippen LogP contribution in [0.25, 0.3) is 0 Å². The number of amides is 2. The van der Waals surface area contributed by atoms with Gasteiger partial charge in [-0.2, -0.15) is 0 Å². The summed E-state index contributed by atoms with van der Waals surface area (Å²) in [7, 11) is 0. The van der Waals surface area contributed by atoms with Gasteiger partial charge in [-0.3, -0.25) is 0 Å². The molecule has 1 aromatic carbocycles. The summed E-state index contributed by atoms with van der Waals surface area (Å²) in [5.74, 6) is 0. The molecule has 1 aliphatic rings. The number of hydrogen-bond acceptors (Lipinski definition) is 2. The molecule has 4 nitrogen and oxygen atoms in total. The molecule has 0 bridgehead atoms. The molecule has 0 heterocycles. The first-order valence-corrected chi connectivity index (χ1v) is 7.39. The van der Waals surface area contributed by atoms with Crippen LogP contribution in [0.5, 0.6) is 0 Å². The van der Waals surface area contributed by atoms with E-state index in [9.17, 15) is 9.90 Å². The molecule has 1 fully saturated rings. The molecule has 0 aliphatic heterocycles. The Bertz CT molecular complexity index is 429. The van der Waals surface area contributed by atoms with Crippen LogP contribution < -0.4 is 10.6 Å². The Morgan fingerprint density at radius 3 is 2.60 bits per heavy atom. The molecule has 20 heavy (non-hydrogen) atoms. The van der Waals surface area contributed by atoms with Gasteiger partial charge >= 0.3 is 6.03 Å². The molecule has 2 rings (SSSR count). The molecule has 1 unspecified atom stereocenters. The van der Waals surface area contributed by atoms with Gasteiger partial charge in [-0.05, 0) is 30.2 Å². The molecule has 0 spiro atoms. The maximum atomic E-state index is 11.9. The lowest BCUT2D eigenvalue weighted by molar-refractivity contribution is 0.214. The number of nitrogens with one attached hydrogen (secondary N) is 2. The Labute approximate surface area is 120 Å². The molecule has 1 aliphatic carbocycles. The fourth-order valence-electron chi connectivity index (χ4n) is 2.62. The lowest BCUT2D eigenvalue weighted by Gasteiger charge is -2.19. The van der Waals surface area contributed by atoms with Gasteiger partial charge in [0.1, 0.15) is 0 Å². The minimum absolute atomic E-state index is 0.0997. The average molecular weight is 276 g/mol. The van der Waals surface area contributed by atoms with Crippen molar-refractivity contribution >= 4 is 6.03 Å². The van der Waals surface area contributed by atoms with E-state index in [2.05, 4.69) is 17.6 Å². The topological polar surface area (TPSA) is 61.4 Å². The van der Waals surface area contributed by atoms with Crippen molar-refractivity contribution in [3.8, 4) is 0 Å². The van der Waals surface area contributed by atoms with Crippen LogP contribution in [0.4, 0.5) is 4.79 Å². The second-order valence-corrected chi connectivity index (χ2v) is 5.72. The van der Waals surface area contributed by atoms with Gasteiger partial charge in [0.15, 0.2) is 0 Å². The zero-order chi connectivity index (χ0) is 14.4. The zero-order valence-corrected chi connectivity index (χ0v) is 12.1. The van der Waals surface area contributed by atoms with Crippen LogP contribution >= 0.6 is 0 Å². The highest BCUT2D eigenvalue weighted by molar-refractivity contribution is 5.74. The normalized spacial score (nSPS) is 17.3. The first kappa shape index (κ1) is 14.9. The van der Waals surface area contributed by atoms with Gasteiger partial charge in [-0.1, -0.05) is 43.7 Å². The lowest BCUT2D eigenvalue weighted by atomic mass is 10.0. The van der Waals surface area contributed by atoms with E-state index in [1.54, 1.807) is 0 Å². The van der Waals surface area contributed by atoms with E-state index in [1.807, 2.05) is 30.3 Å². The van der Waals surface area contributed by atoms with Crippen LogP contribution in [-0.2, 0) is 0 Å². The van der Waals surface area contributed by atoms with Crippen molar-refractivity contribution in [1.82, 2.24) is 10.6 Å². The number of carbonyl (C=O) groups excluding carboxylic acids is 1. The van der Waals surface area contributed by atoms with E-state index in [0.717, 1.165) is 18.5 Å². The Kier molecular flexibility index (Phi) is 5.01. The summed E-state index contributed by atoms with van der Waals surface area (Å²) >= 11 is 0. The Morgan fingerprint density at radius 2 is 2.05 bits per heavy atom. The fourth-order valence-corrected chi connectivity index (χ4v) is 2.62. The summed E-state index contributed by atoms with van der Waals surface area (Å²) in [6.45, 7) is 2.81. The highest BCUT2D eigenvalue weighted by atomic mass is 16.3. The molecule has 2 amide bonds. The number of hydrogen-bond donors (Lipinski definition) is 3. The van der Waals surface area contributed by atoms with Gasteiger partial charge in [-0.15, -0.1) is 0 Å². The first-order valence-electron chi connectivity index (χ1n) is 7.39. The van der Waals surface area contributed by atoms with Gasteiger partial charge in [-0.25, -0.2) is 4.79 Å². The van der Waals surface area contributed by atoms with E-state index in [-0.39, 0.29) is 18.7 Å². The number of carbonyl (C=O) groups is 1. The van der Waals surface area contributed by atoms with Gasteiger partial charge in [0.25, 0.3) is 0 Å². The van der Waals surface area contributed by atoms with Crippen molar-refractivity contribution in [3.63, 3.8) is 0 Å². The Balaban J connectivity index is 1.81. The second kappa shape index (κ2) is 6.75. The van der Waals surface area contributed by atoms with Crippen molar-refractivity contribution in [1.29, 1.82) is 0 Å². The van der Waals surface area contributed by atoms with Crippen molar-refractivity contribution < 1.29 is 9.90 Å². The lowest BCUT2D eigenvalue weighted by Crippen LogP contribution is -2.41. The van der Waals surface area contributed by atoms with Gasteiger partial charge in [0, 0.05) is 6.54 Å². The van der Waals surface area contributed by atoms with Crippen LogP contribution in [0.1, 0.15) is 44.2 Å². The highest BCUT2D eigenvalue weighted by Gasteiger charge is 2.41. The van der Waals surface area contributed by atoms with E-state index < -0.39 is 0 Å². The molecule has 4 heteroatoms. The number of aliphatic hydroxyl groups is 1. The van der Waals surface area contributed by atoms with Crippen molar-refractivity contribution in [2.24, 2.45) is 5.41 Å². The number of rotatable bonds is 7. The van der Waals surface area contributed by atoms with Gasteiger partial charge < -0.3 is 15.7 Å². The summed E-state index contributed by atoms with van der Waals surface area (Å²) in [4.78, 5) is 11.9. The summed E-state index contributed by atoms with van der Waals surface area (Å²) in [5, 5.41) is 15.2. The molecule has 1 aromatic rings. The summed E-state index contributed by atoms with van der Waals surface area (Å²) < 4.78 is 0. The maximum absolute atomic E-state index is 11.9. The van der Waals surface area contributed by atoms with Crippen molar-refractivity contribution in [3.05, 3.63) is 35.9 Å². The molecule has 0 aromatic heterocycles. The zero-order valence-electron chi connectivity index (χ0n) is 12.1. The third-order valence-corrected chi connectivity index (χ3v) is 4.05. The monoisotopic (exact) mass is 276 g/mol. The first-order chi connectivity index (χ1) is 9.69. The quantitative estimate of drug-likeness (QED) is 0.717. The maximum Gasteiger partial charge on any atom is 0.315 e. The van der Waals surface area contributed by atoms with Crippen LogP contribution in [-0.4, -0.2) is 24.3 Å². The van der Waals surface area contributed by atoms with E-state index in [0.29, 0.717) is 5.41 Å². The molecule has 1 saturated carbocycles. The van der Waals surface area contributed by atoms with E-state index >= 15 is 0 Å². The average Bonchev–Trinajstić information content (AvgIpc) is 3.24. The molecular formula is C16H24N2O2. The Morgan fingerprint density at radius 1 is 1.35 bits per heavy atom. The van der Waals surface area contributed by atoms with Crippen LogP contribution in [0.15, 0.2) is 30.3 Å². The van der Waals surface area contributed by atoms with Crippen LogP contribution in [0.3, 0.4) is 0 Å². The van der Waals surface area contributed by atoms with Crippen LogP contribution in [0, 0.1) is 5.41 Å². The smallest absolute Gasteiger partial charge is 0.315 e. The van der Waals surface area contributed by atoms with Crippen LogP contribution in [0.2, 0.25) is 0 Å². The summed E-state index contributed by atoms with van der Waals surface area (Å²) in [6, 6.07) is 8.98. The van der Waals surface area contributed by atoms with Crippen molar-refractivity contribution in [2.75, 3.05) is 13.2 Å². The highest BCUT2D eigenvalue weighted by Crippen LogP contribution is 2.48. The predicted molar refractivity (Wildman–Crippen MR) is 79.4 cm³/mol. The van der Waals surface area contributed by atoms with Gasteiger partial charge in [0.05, 0.1) is 12.6 Å². The molecular weight excluding hydrogens is 252 g/mol. The third-order valence-electron chi connectivity index (χ3n) is 4.05. The second-order valence-electron chi connectivity index (χ2n) is 5.72. The minimum atomic E-state index is -0.350. The fraction of sp³-hybridized carbons (Fsp3) is 0.562. The standard InChI is InChI=1S/C16H24N2O2/c1-2-8-16(9-10-16)12-17-15(20)18-14(11-19)13-6-4-3-5-7-13/h3-7,14,19H,2,8-12H2,1H3,(H2,17,18,20). The molecule has 0 saturated heterocycles. The van der Waals surface area contributed by atoms with Crippen molar-refractivity contribution in [2.45, 2.75) is 38.6 Å². The molecule has 1 atom stereocenters. The predicted octanol–water partition coefficient (Wildman–Crippen LogP) is 2.60. The molecule has 0 radical (unpaired) electrons. The van der Waals surface area contributed by atoms with E-state index in [1.165, 1.54) is 19.3 Å². The largest absolute Gasteiger partial charge is 0.394 e. The number of urea groups is 1. The Hall–Kier alpha value is -1.55. The minimum Gasteiger partial charge on any atom is -0.394 e. The van der Waals surface area contributed by atoms with E-state index in [4.69, 9.17) is 0 Å².